The summed E-state index contributed by atoms with van der Waals surface area (Å²) < 4.78 is 0. The Hall–Kier alpha value is 0.784. The van der Waals surface area contributed by atoms with Crippen LogP contribution in [0.3, 0.4) is 0 Å². The summed E-state index contributed by atoms with van der Waals surface area (Å²) in [4.78, 5) is 0. The number of hydrogen-bond donors (Lipinski definition) is 0. The molecule has 0 bridgehead atoms. The first-order valence-electron chi connectivity index (χ1n) is 9.99. The summed E-state index contributed by atoms with van der Waals surface area (Å²) >= 11 is 0. The van der Waals surface area contributed by atoms with Crippen molar-refractivity contribution >= 4 is 28.0 Å². The summed E-state index contributed by atoms with van der Waals surface area (Å²) in [5, 5.41) is 0. The minimum Gasteiger partial charge on any atom is -0.221 e. The largest absolute Gasteiger partial charge is 0.221 e. The van der Waals surface area contributed by atoms with E-state index < -0.39 is 0 Å². The summed E-state index contributed by atoms with van der Waals surface area (Å²) in [6.07, 6.45) is 20.8. The minimum atomic E-state index is 0.295. The van der Waals surface area contributed by atoms with E-state index in [1.807, 2.05) is 0 Å². The van der Waals surface area contributed by atoms with Crippen LogP contribution in [0.25, 0.3) is 0 Å². The van der Waals surface area contributed by atoms with Crippen molar-refractivity contribution in [2.75, 3.05) is 0 Å². The summed E-state index contributed by atoms with van der Waals surface area (Å²) in [6.45, 7) is 4.61. The fourth-order valence-electron chi connectivity index (χ4n) is 2.78. The second-order valence-corrected chi connectivity index (χ2v) is 16.5. The SMILES string of the molecule is CCCCCCCCC[SiH2]S[SiH2]CCCCCCCCC. The van der Waals surface area contributed by atoms with E-state index in [0.717, 1.165) is 0 Å². The maximum Gasteiger partial charge on any atom is 0.0772 e. The first-order chi connectivity index (χ1) is 10.4. The van der Waals surface area contributed by atoms with Gasteiger partial charge in [-0.3, -0.25) is 0 Å². The van der Waals surface area contributed by atoms with Crippen molar-refractivity contribution in [3.05, 3.63) is 0 Å². The summed E-state index contributed by atoms with van der Waals surface area (Å²) in [5.41, 5.74) is 0. The van der Waals surface area contributed by atoms with Gasteiger partial charge in [-0.1, -0.05) is 116 Å². The maximum absolute atomic E-state index is 2.47. The van der Waals surface area contributed by atoms with Crippen LogP contribution < -0.4 is 0 Å². The Balaban J connectivity index is 2.90. The third-order valence-corrected chi connectivity index (χ3v) is 15.1. The molecular formula is C18H42SSi2. The molecule has 0 aliphatic heterocycles. The first-order valence-corrected chi connectivity index (χ1v) is 16.6. The number of unbranched alkanes of at least 4 members (excludes halogenated alkanes) is 12. The molecule has 0 spiro atoms. The van der Waals surface area contributed by atoms with Gasteiger partial charge in [0.1, 0.15) is 0 Å². The highest BCUT2D eigenvalue weighted by molar-refractivity contribution is 8.40. The van der Waals surface area contributed by atoms with Gasteiger partial charge in [0.2, 0.25) is 0 Å². The molecule has 0 radical (unpaired) electrons. The molecule has 0 N–H and O–H groups in total. The van der Waals surface area contributed by atoms with E-state index in [1.165, 1.54) is 77.0 Å². The van der Waals surface area contributed by atoms with Gasteiger partial charge < -0.3 is 0 Å². The van der Waals surface area contributed by atoms with Crippen molar-refractivity contribution in [1.29, 1.82) is 0 Å². The van der Waals surface area contributed by atoms with E-state index in [0.29, 0.717) is 17.3 Å². The molecule has 0 atom stereocenters. The Bertz CT molecular complexity index is 159. The molecule has 0 amide bonds. The normalized spacial score (nSPS) is 12.3. The van der Waals surface area contributed by atoms with Gasteiger partial charge in [0.15, 0.2) is 0 Å². The molecule has 21 heavy (non-hydrogen) atoms. The summed E-state index contributed by atoms with van der Waals surface area (Å²) in [5.74, 6) is 0. The zero-order chi connectivity index (χ0) is 15.4. The van der Waals surface area contributed by atoms with Crippen molar-refractivity contribution in [3.8, 4) is 0 Å². The Morgan fingerprint density at radius 3 is 1.19 bits per heavy atom. The van der Waals surface area contributed by atoms with Gasteiger partial charge in [-0.15, -0.1) is 0 Å². The second kappa shape index (κ2) is 20.8. The topological polar surface area (TPSA) is 0 Å². The fourth-order valence-corrected chi connectivity index (χ4v) is 13.1. The predicted octanol–water partition coefficient (Wildman–Crippen LogP) is 6.23. The third-order valence-electron chi connectivity index (χ3n) is 4.28. The van der Waals surface area contributed by atoms with Crippen molar-refractivity contribution in [2.24, 2.45) is 0 Å². The monoisotopic (exact) mass is 346 g/mol. The smallest absolute Gasteiger partial charge is 0.0772 e. The van der Waals surface area contributed by atoms with Gasteiger partial charge in [-0.2, -0.15) is 0 Å². The highest BCUT2D eigenvalue weighted by atomic mass is 32.5. The van der Waals surface area contributed by atoms with E-state index >= 15 is 0 Å². The average molecular weight is 347 g/mol. The van der Waals surface area contributed by atoms with Gasteiger partial charge >= 0.3 is 0 Å². The molecule has 0 rings (SSSR count). The molecule has 0 saturated heterocycles. The van der Waals surface area contributed by atoms with Crippen LogP contribution in [0.5, 0.6) is 0 Å². The highest BCUT2D eigenvalue weighted by Gasteiger charge is 1.95. The first kappa shape index (κ1) is 21.8. The standard InChI is InChI=1S/C18H42SSi2/c1-3-5-7-9-11-13-15-17-20-19-21-18-16-14-12-10-8-6-4-2/h3-18,20-21H2,1-2H3. The van der Waals surface area contributed by atoms with E-state index in [2.05, 4.69) is 24.5 Å². The lowest BCUT2D eigenvalue weighted by Gasteiger charge is -2.03. The van der Waals surface area contributed by atoms with Gasteiger partial charge in [0.05, 0.1) is 17.3 Å². The zero-order valence-electron chi connectivity index (χ0n) is 15.1. The average Bonchev–Trinajstić information content (AvgIpc) is 2.50. The van der Waals surface area contributed by atoms with E-state index in [-0.39, 0.29) is 0 Å². The molecular weight excluding hydrogens is 304 g/mol. The minimum absolute atomic E-state index is 0.295. The molecule has 0 saturated carbocycles. The molecule has 0 aliphatic carbocycles. The lowest BCUT2D eigenvalue weighted by Crippen LogP contribution is -1.91. The number of rotatable bonds is 18. The summed E-state index contributed by atoms with van der Waals surface area (Å²) in [6, 6.07) is 3.25. The molecule has 0 aliphatic rings. The zero-order valence-corrected chi connectivity index (χ0v) is 18.8. The fraction of sp³-hybridized carbons (Fsp3) is 1.00. The molecule has 128 valence electrons. The lowest BCUT2D eigenvalue weighted by molar-refractivity contribution is 0.602. The van der Waals surface area contributed by atoms with Crippen molar-refractivity contribution < 1.29 is 0 Å². The predicted molar refractivity (Wildman–Crippen MR) is 110 cm³/mol. The van der Waals surface area contributed by atoms with Gasteiger partial charge in [-0.05, 0) is 0 Å². The lowest BCUT2D eigenvalue weighted by atomic mass is 10.1. The van der Waals surface area contributed by atoms with Crippen molar-refractivity contribution in [2.45, 2.75) is 116 Å². The Kier molecular flexibility index (Phi) is 21.6. The van der Waals surface area contributed by atoms with Crippen molar-refractivity contribution in [3.63, 3.8) is 0 Å². The molecule has 0 unspecified atom stereocenters. The number of hydrogen-bond acceptors (Lipinski definition) is 1. The van der Waals surface area contributed by atoms with Gasteiger partial charge in [0, 0.05) is 0 Å². The van der Waals surface area contributed by atoms with Crippen molar-refractivity contribution in [1.82, 2.24) is 0 Å². The van der Waals surface area contributed by atoms with Crippen LogP contribution in [0.4, 0.5) is 0 Å². The molecule has 0 heterocycles. The van der Waals surface area contributed by atoms with Crippen LogP contribution in [0.1, 0.15) is 104 Å². The molecule has 0 nitrogen and oxygen atoms in total. The maximum atomic E-state index is 2.47. The molecule has 0 aromatic heterocycles. The van der Waals surface area contributed by atoms with Gasteiger partial charge in [0.25, 0.3) is 0 Å². The summed E-state index contributed by atoms with van der Waals surface area (Å²) in [7, 11) is 3.06. The highest BCUT2D eigenvalue weighted by Crippen LogP contribution is 2.12. The molecule has 0 fully saturated rings. The molecule has 3 heteroatoms. The van der Waals surface area contributed by atoms with E-state index in [4.69, 9.17) is 0 Å². The van der Waals surface area contributed by atoms with Crippen LogP contribution >= 0.6 is 10.7 Å². The van der Waals surface area contributed by atoms with Crippen LogP contribution in [-0.2, 0) is 0 Å². The van der Waals surface area contributed by atoms with Gasteiger partial charge in [-0.25, -0.2) is 10.7 Å². The van der Waals surface area contributed by atoms with Crippen LogP contribution in [-0.4, -0.2) is 17.3 Å². The molecule has 0 aromatic rings. The molecule has 0 aromatic carbocycles. The third kappa shape index (κ3) is 20.8. The van der Waals surface area contributed by atoms with E-state index in [9.17, 15) is 0 Å². The Morgan fingerprint density at radius 2 is 0.810 bits per heavy atom. The van der Waals surface area contributed by atoms with Crippen LogP contribution in [0.2, 0.25) is 12.1 Å². The van der Waals surface area contributed by atoms with Crippen LogP contribution in [0, 0.1) is 0 Å². The Labute approximate surface area is 144 Å². The Morgan fingerprint density at radius 1 is 0.476 bits per heavy atom. The second-order valence-electron chi connectivity index (χ2n) is 6.56. The van der Waals surface area contributed by atoms with Crippen LogP contribution in [0.15, 0.2) is 0 Å². The van der Waals surface area contributed by atoms with E-state index in [1.54, 1.807) is 24.9 Å². The quantitative estimate of drug-likeness (QED) is 0.209.